The summed E-state index contributed by atoms with van der Waals surface area (Å²) in [5.74, 6) is 2.41. The molecule has 0 spiro atoms. The molecule has 5 heteroatoms. The van der Waals surface area contributed by atoms with Crippen molar-refractivity contribution in [2.45, 2.75) is 97.8 Å². The summed E-state index contributed by atoms with van der Waals surface area (Å²) in [6, 6.07) is 38.9. The van der Waals surface area contributed by atoms with Crippen molar-refractivity contribution in [1.82, 2.24) is 19.3 Å². The zero-order valence-electron chi connectivity index (χ0n) is 32.7. The Bertz CT molecular complexity index is 2410. The first-order valence-electron chi connectivity index (χ1n) is 18.4. The third-order valence-corrected chi connectivity index (χ3v) is 10.3. The molecule has 266 valence electrons. The molecule has 0 fully saturated rings. The van der Waals surface area contributed by atoms with E-state index in [4.69, 9.17) is 14.8 Å². The minimum Gasteiger partial charge on any atom is -0.457 e. The highest BCUT2D eigenvalue weighted by Crippen LogP contribution is 2.40. The molecular formula is C47H52N4O. The van der Waals surface area contributed by atoms with Crippen LogP contribution in [0.2, 0.25) is 0 Å². The fraction of sp³-hybridized carbons (Fsp3) is 0.319. The van der Waals surface area contributed by atoms with E-state index in [0.717, 1.165) is 45.1 Å². The van der Waals surface area contributed by atoms with Crippen molar-refractivity contribution in [2.24, 2.45) is 0 Å². The number of aromatic nitrogens is 4. The Hall–Kier alpha value is -5.16. The molecule has 7 aromatic rings. The monoisotopic (exact) mass is 688 g/mol. The molecule has 0 amide bonds. The number of nitrogens with zero attached hydrogens (tertiary/aromatic N) is 4. The normalized spacial score (nSPS) is 12.9. The highest BCUT2D eigenvalue weighted by molar-refractivity contribution is 6.09. The van der Waals surface area contributed by atoms with E-state index in [-0.39, 0.29) is 21.7 Å². The Labute approximate surface area is 309 Å². The van der Waals surface area contributed by atoms with Crippen molar-refractivity contribution in [1.29, 1.82) is 0 Å². The fourth-order valence-electron chi connectivity index (χ4n) is 7.02. The zero-order chi connectivity index (χ0) is 37.2. The maximum atomic E-state index is 6.67. The van der Waals surface area contributed by atoms with Gasteiger partial charge < -0.3 is 4.74 Å². The molecule has 0 aliphatic carbocycles. The summed E-state index contributed by atoms with van der Waals surface area (Å²) >= 11 is 0. The van der Waals surface area contributed by atoms with Gasteiger partial charge in [0.2, 0.25) is 0 Å². The van der Waals surface area contributed by atoms with Crippen LogP contribution in [0.15, 0.2) is 115 Å². The number of pyridine rings is 1. The van der Waals surface area contributed by atoms with Crippen molar-refractivity contribution >= 4 is 21.8 Å². The molecule has 3 heterocycles. The smallest absolute Gasteiger partial charge is 0.137 e. The maximum absolute atomic E-state index is 6.67. The quantitative estimate of drug-likeness (QED) is 0.175. The number of hydrogen-bond acceptors (Lipinski definition) is 3. The van der Waals surface area contributed by atoms with Gasteiger partial charge in [0.15, 0.2) is 0 Å². The lowest BCUT2D eigenvalue weighted by Crippen LogP contribution is -2.18. The van der Waals surface area contributed by atoms with E-state index in [9.17, 15) is 0 Å². The lowest BCUT2D eigenvalue weighted by molar-refractivity contribution is 0.482. The van der Waals surface area contributed by atoms with Crippen molar-refractivity contribution in [3.63, 3.8) is 0 Å². The molecule has 0 aliphatic rings. The van der Waals surface area contributed by atoms with E-state index < -0.39 is 0 Å². The first kappa shape index (κ1) is 35.3. The molecule has 0 atom stereocenters. The summed E-state index contributed by atoms with van der Waals surface area (Å²) in [5, 5.41) is 7.44. The molecule has 5 nitrogen and oxygen atoms in total. The van der Waals surface area contributed by atoms with Gasteiger partial charge >= 0.3 is 0 Å². The molecule has 3 aromatic heterocycles. The first-order valence-corrected chi connectivity index (χ1v) is 18.4. The van der Waals surface area contributed by atoms with Crippen molar-refractivity contribution in [3.05, 3.63) is 143 Å². The van der Waals surface area contributed by atoms with Crippen LogP contribution in [0.5, 0.6) is 11.5 Å². The predicted molar refractivity (Wildman–Crippen MR) is 217 cm³/mol. The molecular weight excluding hydrogens is 637 g/mol. The van der Waals surface area contributed by atoms with E-state index in [1.807, 2.05) is 18.3 Å². The lowest BCUT2D eigenvalue weighted by Gasteiger charge is -2.26. The van der Waals surface area contributed by atoms with Gasteiger partial charge in [-0.15, -0.1) is 0 Å². The summed E-state index contributed by atoms with van der Waals surface area (Å²) in [4.78, 5) is 4.93. The topological polar surface area (TPSA) is 44.9 Å². The summed E-state index contributed by atoms with van der Waals surface area (Å²) in [6.07, 6.45) is 1.93. The van der Waals surface area contributed by atoms with Gasteiger partial charge in [0.05, 0.1) is 22.4 Å². The van der Waals surface area contributed by atoms with Crippen LogP contribution < -0.4 is 4.74 Å². The molecule has 0 N–H and O–H groups in total. The van der Waals surface area contributed by atoms with Crippen molar-refractivity contribution in [3.8, 4) is 23.0 Å². The molecule has 0 saturated carbocycles. The highest BCUT2D eigenvalue weighted by atomic mass is 16.5. The highest BCUT2D eigenvalue weighted by Gasteiger charge is 2.28. The lowest BCUT2D eigenvalue weighted by atomic mass is 9.78. The minimum absolute atomic E-state index is 0.0162. The number of fused-ring (bicyclic) bond motifs is 3. The van der Waals surface area contributed by atoms with Crippen molar-refractivity contribution < 1.29 is 4.74 Å². The first-order chi connectivity index (χ1) is 24.4. The second-order valence-electron chi connectivity index (χ2n) is 17.8. The van der Waals surface area contributed by atoms with Gasteiger partial charge in [-0.2, -0.15) is 5.10 Å². The van der Waals surface area contributed by atoms with Gasteiger partial charge in [-0.05, 0) is 76.7 Å². The van der Waals surface area contributed by atoms with Gasteiger partial charge in [-0.1, -0.05) is 119 Å². The molecule has 7 rings (SSSR count). The van der Waals surface area contributed by atoms with Gasteiger partial charge in [0, 0.05) is 51.0 Å². The van der Waals surface area contributed by atoms with Crippen LogP contribution >= 0.6 is 0 Å². The Kier molecular flexibility index (Phi) is 8.48. The second kappa shape index (κ2) is 12.5. The molecule has 0 unspecified atom stereocenters. The molecule has 0 saturated heterocycles. The van der Waals surface area contributed by atoms with Crippen LogP contribution in [0.25, 0.3) is 33.3 Å². The number of ether oxygens (including phenoxy) is 1. The predicted octanol–water partition coefficient (Wildman–Crippen LogP) is 12.4. The Balaban J connectivity index is 1.36. The molecule has 0 radical (unpaired) electrons. The molecule has 4 aromatic carbocycles. The Morgan fingerprint density at radius 2 is 1.25 bits per heavy atom. The average Bonchev–Trinajstić information content (AvgIpc) is 3.69. The van der Waals surface area contributed by atoms with E-state index >= 15 is 0 Å². The minimum atomic E-state index is -0.169. The molecule has 52 heavy (non-hydrogen) atoms. The van der Waals surface area contributed by atoms with Crippen LogP contribution in [0.3, 0.4) is 0 Å². The molecule has 0 bridgehead atoms. The van der Waals surface area contributed by atoms with Crippen LogP contribution in [-0.4, -0.2) is 19.3 Å². The van der Waals surface area contributed by atoms with Gasteiger partial charge in [0.25, 0.3) is 0 Å². The van der Waals surface area contributed by atoms with Crippen LogP contribution in [0.4, 0.5) is 0 Å². The molecule has 0 aliphatic heterocycles. The van der Waals surface area contributed by atoms with Gasteiger partial charge in [0.1, 0.15) is 17.3 Å². The number of benzene rings is 4. The van der Waals surface area contributed by atoms with Crippen LogP contribution in [0, 0.1) is 0 Å². The van der Waals surface area contributed by atoms with E-state index in [2.05, 4.69) is 182 Å². The third-order valence-electron chi connectivity index (χ3n) is 10.3. The van der Waals surface area contributed by atoms with E-state index in [1.54, 1.807) is 0 Å². The van der Waals surface area contributed by atoms with E-state index in [0.29, 0.717) is 0 Å². The third kappa shape index (κ3) is 6.53. The summed E-state index contributed by atoms with van der Waals surface area (Å²) in [7, 11) is 0. The van der Waals surface area contributed by atoms with Crippen molar-refractivity contribution in [2.75, 3.05) is 0 Å². The standard InChI is InChI=1S/C47H52N4O/c1-44(2,3)32-24-25-48-43(27-32)50-39-23-20-33(47(10,11)31-16-13-12-14-17-31)26-38(39)37-22-21-36(29-40(37)50)52-35-19-15-18-34(28-35)51-42(46(7,8)9)30-41(49-51)45(4,5)6/h12-30H,1-11H3. The summed E-state index contributed by atoms with van der Waals surface area (Å²) in [5.41, 5.74) is 8.84. The Morgan fingerprint density at radius 1 is 0.519 bits per heavy atom. The van der Waals surface area contributed by atoms with Crippen LogP contribution in [-0.2, 0) is 21.7 Å². The largest absolute Gasteiger partial charge is 0.457 e. The summed E-state index contributed by atoms with van der Waals surface area (Å²) < 4.78 is 11.0. The SMILES string of the molecule is CC(C)(C)c1ccnc(-n2c3ccc(C(C)(C)c4ccccc4)cc3c3ccc(Oc4cccc(-n5nc(C(C)(C)C)cc5C(C)(C)C)c4)cc32)c1. The van der Waals surface area contributed by atoms with Gasteiger partial charge in [-0.3, -0.25) is 4.57 Å². The summed E-state index contributed by atoms with van der Waals surface area (Å²) in [6.45, 7) is 24.7. The zero-order valence-corrected chi connectivity index (χ0v) is 32.7. The average molecular weight is 689 g/mol. The number of rotatable bonds is 6. The Morgan fingerprint density at radius 3 is 1.94 bits per heavy atom. The fourth-order valence-corrected chi connectivity index (χ4v) is 7.02. The van der Waals surface area contributed by atoms with Crippen LogP contribution in [0.1, 0.15) is 104 Å². The van der Waals surface area contributed by atoms with E-state index in [1.165, 1.54) is 27.8 Å². The van der Waals surface area contributed by atoms with Gasteiger partial charge in [-0.25, -0.2) is 9.67 Å². The number of hydrogen-bond donors (Lipinski definition) is 0. The second-order valence-corrected chi connectivity index (χ2v) is 17.8. The maximum Gasteiger partial charge on any atom is 0.137 e.